The zero-order valence-electron chi connectivity index (χ0n) is 5.04. The van der Waals surface area contributed by atoms with Crippen molar-refractivity contribution in [1.82, 2.24) is 0 Å². The van der Waals surface area contributed by atoms with E-state index in [2.05, 4.69) is 0 Å². The third-order valence-electron chi connectivity index (χ3n) is 0. The minimum absolute atomic E-state index is 0. The Morgan fingerprint density at radius 2 is 0.889 bits per heavy atom. The number of rotatable bonds is 0. The molecule has 0 aromatic rings. The molecule has 0 saturated heterocycles. The third kappa shape index (κ3) is 148. The van der Waals surface area contributed by atoms with Crippen LogP contribution in [-0.4, -0.2) is 11.0 Å². The first-order valence-electron chi connectivity index (χ1n) is 0.667. The summed E-state index contributed by atoms with van der Waals surface area (Å²) in [7, 11) is 0. The van der Waals surface area contributed by atoms with Crippen LogP contribution in [0.1, 0.15) is 0 Å². The summed E-state index contributed by atoms with van der Waals surface area (Å²) in [6, 6.07) is 0. The van der Waals surface area contributed by atoms with Gasteiger partial charge in [-0.25, -0.2) is 0 Å². The van der Waals surface area contributed by atoms with Crippen LogP contribution in [-0.2, 0) is 23.5 Å². The van der Waals surface area contributed by atoms with Gasteiger partial charge in [0.2, 0.25) is 0 Å². The molecule has 0 amide bonds. The van der Waals surface area contributed by atoms with E-state index in [9.17, 15) is 0 Å². The Morgan fingerprint density at radius 3 is 0.889 bits per heavy atom. The van der Waals surface area contributed by atoms with Gasteiger partial charge >= 0.3 is 90.2 Å². The fourth-order valence-corrected chi connectivity index (χ4v) is 0. The van der Waals surface area contributed by atoms with Crippen molar-refractivity contribution in [3.05, 3.63) is 0 Å². The van der Waals surface area contributed by atoms with Gasteiger partial charge in [-0.2, -0.15) is 0 Å². The van der Waals surface area contributed by atoms with E-state index in [1.165, 1.54) is 0 Å². The number of hydrogen-bond donors (Lipinski definition) is 0. The molecule has 0 aliphatic carbocycles. The molecule has 0 aromatic carbocycles. The molecular weight excluding hydrogens is 326 g/mol. The molecule has 0 fully saturated rings. The Bertz CT molecular complexity index is 94.2. The first-order chi connectivity index (χ1) is 2.00. The first-order valence-corrected chi connectivity index (χ1v) is 5.46. The predicted molar refractivity (Wildman–Crippen MR) is 8.60 cm³/mol. The first kappa shape index (κ1) is 30.4. The van der Waals surface area contributed by atoms with Gasteiger partial charge < -0.3 is 11.0 Å². The molecule has 0 aliphatic heterocycles. The topological polar surface area (TPSA) is 143 Å². The molecule has 0 heterocycles. The van der Waals surface area contributed by atoms with Crippen LogP contribution in [0, 0.1) is 0 Å². The summed E-state index contributed by atoms with van der Waals surface area (Å²) in [4.78, 5) is 0. The van der Waals surface area contributed by atoms with Crippen LogP contribution in [0.4, 0.5) is 0 Å². The molecule has 0 aliphatic rings. The molecule has 48 valence electrons. The SMILES string of the molecule is O.O.[Na+].[Na+].[O]=[W](=[O])([O-])[O-]. The molecule has 6 nitrogen and oxygen atoms in total. The van der Waals surface area contributed by atoms with E-state index in [1.54, 1.807) is 0 Å². The van der Waals surface area contributed by atoms with Crippen molar-refractivity contribution < 1.29 is 101 Å². The fourth-order valence-electron chi connectivity index (χ4n) is 0. The Morgan fingerprint density at radius 1 is 0.889 bits per heavy atom. The summed E-state index contributed by atoms with van der Waals surface area (Å²) in [5.41, 5.74) is 0. The van der Waals surface area contributed by atoms with Crippen molar-refractivity contribution in [3.8, 4) is 0 Å². The molecule has 0 aromatic heterocycles. The fraction of sp³-hybridized carbons (Fsp3) is 0. The van der Waals surface area contributed by atoms with Crippen LogP contribution in [0.3, 0.4) is 0 Å². The quantitative estimate of drug-likeness (QED) is 0.406. The Balaban J connectivity index is -0.0000000133. The second kappa shape index (κ2) is 12.8. The average molecular weight is 330 g/mol. The zero-order valence-corrected chi connectivity index (χ0v) is 12.0. The zero-order chi connectivity index (χ0) is 4.50. The second-order valence-corrected chi connectivity index (χ2v) is 3.34. The Labute approximate surface area is 99.6 Å². The maximum absolute atomic E-state index is 8.65. The Kier molecular flexibility index (Phi) is 43.1. The maximum atomic E-state index is 8.65. The molecule has 4 N–H and O–H groups in total. The molecule has 0 bridgehead atoms. The normalized spacial score (nSPS) is 6.44. The van der Waals surface area contributed by atoms with Crippen molar-refractivity contribution in [1.29, 1.82) is 0 Å². The summed E-state index contributed by atoms with van der Waals surface area (Å²) < 4.78 is 34.6. The molecule has 0 saturated carbocycles. The summed E-state index contributed by atoms with van der Waals surface area (Å²) in [5.74, 6) is 0. The van der Waals surface area contributed by atoms with Gasteiger partial charge in [0.1, 0.15) is 0 Å². The van der Waals surface area contributed by atoms with E-state index in [0.29, 0.717) is 0 Å². The van der Waals surface area contributed by atoms with E-state index in [-0.39, 0.29) is 70.1 Å². The van der Waals surface area contributed by atoms with Crippen LogP contribution < -0.4 is 66.6 Å². The summed E-state index contributed by atoms with van der Waals surface area (Å²) in [5, 5.41) is 0. The van der Waals surface area contributed by atoms with E-state index in [4.69, 9.17) is 14.3 Å². The van der Waals surface area contributed by atoms with Gasteiger partial charge in [-0.05, 0) is 0 Å². The third-order valence-corrected chi connectivity index (χ3v) is 0. The predicted octanol–water partition coefficient (Wildman–Crippen LogP) is -10.3. The van der Waals surface area contributed by atoms with Crippen LogP contribution in [0.2, 0.25) is 0 Å². The van der Waals surface area contributed by atoms with Crippen molar-refractivity contribution in [3.63, 3.8) is 0 Å². The molecule has 0 spiro atoms. The van der Waals surface area contributed by atoms with E-state index in [0.717, 1.165) is 0 Å². The molecule has 9 heteroatoms. The van der Waals surface area contributed by atoms with Gasteiger partial charge in [0.25, 0.3) is 0 Å². The van der Waals surface area contributed by atoms with E-state index < -0.39 is 16.7 Å². The van der Waals surface area contributed by atoms with Gasteiger partial charge in [-0.3, -0.25) is 0 Å². The summed E-state index contributed by atoms with van der Waals surface area (Å²) in [6.07, 6.45) is 0. The molecular formula is H4Na2O6W. The minimum atomic E-state index is -6.17. The van der Waals surface area contributed by atoms with E-state index >= 15 is 0 Å². The van der Waals surface area contributed by atoms with Crippen molar-refractivity contribution >= 4 is 0 Å². The van der Waals surface area contributed by atoms with Gasteiger partial charge in [0, 0.05) is 0 Å². The second-order valence-electron chi connectivity index (χ2n) is 0.408. The van der Waals surface area contributed by atoms with Crippen molar-refractivity contribution in [2.45, 2.75) is 0 Å². The van der Waals surface area contributed by atoms with Crippen LogP contribution in [0.25, 0.3) is 0 Å². The molecule has 0 rings (SSSR count). The van der Waals surface area contributed by atoms with Gasteiger partial charge in [-0.15, -0.1) is 0 Å². The Hall–Kier alpha value is 2.13. The molecule has 9 heavy (non-hydrogen) atoms. The number of hydrogen-bond acceptors (Lipinski definition) is 4. The molecule has 0 radical (unpaired) electrons. The van der Waals surface area contributed by atoms with Crippen molar-refractivity contribution in [2.75, 3.05) is 0 Å². The standard InChI is InChI=1S/2Na.2H2O.4O.W/h;;2*1H2;;;;;/q2*+1;;;;;2*-1;. The van der Waals surface area contributed by atoms with Crippen molar-refractivity contribution in [2.24, 2.45) is 0 Å². The van der Waals surface area contributed by atoms with Gasteiger partial charge in [-0.1, -0.05) is 0 Å². The monoisotopic (exact) mass is 330 g/mol. The van der Waals surface area contributed by atoms with Gasteiger partial charge in [0.05, 0.1) is 0 Å². The summed E-state index contributed by atoms with van der Waals surface area (Å²) in [6.45, 7) is 0. The molecule has 0 unspecified atom stereocenters. The van der Waals surface area contributed by atoms with Crippen LogP contribution in [0.15, 0.2) is 0 Å². The van der Waals surface area contributed by atoms with Crippen LogP contribution >= 0.6 is 0 Å². The molecule has 0 atom stereocenters. The summed E-state index contributed by atoms with van der Waals surface area (Å²) >= 11 is -6.17. The van der Waals surface area contributed by atoms with Gasteiger partial charge in [0.15, 0.2) is 0 Å². The average Bonchev–Trinajstić information content (AvgIpc) is 0.722. The van der Waals surface area contributed by atoms with Crippen LogP contribution in [0.5, 0.6) is 0 Å². The van der Waals surface area contributed by atoms with E-state index in [1.807, 2.05) is 0 Å².